The predicted octanol–water partition coefficient (Wildman–Crippen LogP) is 1.12. The van der Waals surface area contributed by atoms with Crippen molar-refractivity contribution in [3.63, 3.8) is 0 Å². The van der Waals surface area contributed by atoms with Gasteiger partial charge < -0.3 is 9.47 Å². The number of hydrogen-bond donors (Lipinski definition) is 0. The molecule has 1 unspecified atom stereocenters. The molecule has 0 aromatic rings. The quantitative estimate of drug-likeness (QED) is 0.349. The fourth-order valence-electron chi connectivity index (χ4n) is 0.832. The summed E-state index contributed by atoms with van der Waals surface area (Å²) in [6.45, 7) is 4.46. The summed E-state index contributed by atoms with van der Waals surface area (Å²) in [7, 11) is 0. The van der Waals surface area contributed by atoms with E-state index in [0.29, 0.717) is 6.61 Å². The Morgan fingerprint density at radius 3 is 2.73 bits per heavy atom. The molecule has 0 amide bonds. The van der Waals surface area contributed by atoms with E-state index in [2.05, 4.69) is 6.92 Å². The van der Waals surface area contributed by atoms with Crippen LogP contribution in [0.2, 0.25) is 0 Å². The van der Waals surface area contributed by atoms with E-state index >= 15 is 0 Å². The van der Waals surface area contributed by atoms with Gasteiger partial charge in [-0.1, -0.05) is 13.3 Å². The van der Waals surface area contributed by atoms with Crippen molar-refractivity contribution in [1.29, 1.82) is 0 Å². The van der Waals surface area contributed by atoms with Crippen LogP contribution in [0.25, 0.3) is 0 Å². The van der Waals surface area contributed by atoms with Gasteiger partial charge in [-0.25, -0.2) is 4.79 Å². The number of carbonyl (C=O) groups excluding carboxylic acids is 1. The molecule has 1 heterocycles. The molecular weight excluding hydrogens is 144 g/mol. The lowest BCUT2D eigenvalue weighted by Crippen LogP contribution is -2.13. The molecule has 0 spiro atoms. The average Bonchev–Trinajstić information content (AvgIpc) is 2.67. The minimum atomic E-state index is -0.271. The summed E-state index contributed by atoms with van der Waals surface area (Å²) in [5.74, 6) is -0.203. The van der Waals surface area contributed by atoms with E-state index in [0.717, 1.165) is 12.8 Å². The van der Waals surface area contributed by atoms with Crippen molar-refractivity contribution in [2.45, 2.75) is 38.9 Å². The fourth-order valence-corrected chi connectivity index (χ4v) is 0.832. The molecule has 1 rings (SSSR count). The molecule has 0 radical (unpaired) electrons. The van der Waals surface area contributed by atoms with Crippen molar-refractivity contribution in [2.75, 3.05) is 6.61 Å². The van der Waals surface area contributed by atoms with E-state index < -0.39 is 0 Å². The van der Waals surface area contributed by atoms with Crippen molar-refractivity contribution in [3.05, 3.63) is 0 Å². The van der Waals surface area contributed by atoms with Gasteiger partial charge in [0.1, 0.15) is 0 Å². The number of carbonyl (C=O) groups is 1. The Bertz CT molecular complexity index is 144. The monoisotopic (exact) mass is 158 g/mol. The first-order valence-electron chi connectivity index (χ1n) is 4.07. The first-order valence-corrected chi connectivity index (χ1v) is 4.07. The molecule has 11 heavy (non-hydrogen) atoms. The van der Waals surface area contributed by atoms with Crippen molar-refractivity contribution in [1.82, 2.24) is 0 Å². The van der Waals surface area contributed by atoms with Crippen LogP contribution in [0.4, 0.5) is 0 Å². The van der Waals surface area contributed by atoms with Gasteiger partial charge in [-0.05, 0) is 13.3 Å². The van der Waals surface area contributed by atoms with Crippen LogP contribution in [-0.2, 0) is 14.3 Å². The second-order valence-corrected chi connectivity index (χ2v) is 2.78. The first kappa shape index (κ1) is 8.53. The zero-order chi connectivity index (χ0) is 8.27. The Hall–Kier alpha value is -0.570. The van der Waals surface area contributed by atoms with Gasteiger partial charge in [0.15, 0.2) is 6.10 Å². The van der Waals surface area contributed by atoms with E-state index in [9.17, 15) is 4.79 Å². The van der Waals surface area contributed by atoms with Crippen LogP contribution in [0, 0.1) is 0 Å². The third-order valence-electron chi connectivity index (χ3n) is 1.69. The minimum Gasteiger partial charge on any atom is -0.464 e. The van der Waals surface area contributed by atoms with E-state index in [1.54, 1.807) is 0 Å². The number of unbranched alkanes of at least 4 members (excludes halogenated alkanes) is 1. The van der Waals surface area contributed by atoms with E-state index in [4.69, 9.17) is 9.47 Å². The first-order chi connectivity index (χ1) is 5.25. The van der Waals surface area contributed by atoms with E-state index in [1.807, 2.05) is 6.92 Å². The maximum atomic E-state index is 10.9. The molecule has 1 saturated heterocycles. The lowest BCUT2D eigenvalue weighted by atomic mass is 10.3. The molecule has 0 bridgehead atoms. The van der Waals surface area contributed by atoms with Gasteiger partial charge >= 0.3 is 5.97 Å². The zero-order valence-electron chi connectivity index (χ0n) is 7.00. The van der Waals surface area contributed by atoms with Gasteiger partial charge in [0, 0.05) is 0 Å². The highest BCUT2D eigenvalue weighted by molar-refractivity contribution is 5.77. The Kier molecular flexibility index (Phi) is 2.88. The van der Waals surface area contributed by atoms with Crippen LogP contribution in [0.15, 0.2) is 0 Å². The van der Waals surface area contributed by atoms with Crippen molar-refractivity contribution < 1.29 is 14.3 Å². The van der Waals surface area contributed by atoms with Gasteiger partial charge in [0.05, 0.1) is 12.7 Å². The normalized spacial score (nSPS) is 28.2. The van der Waals surface area contributed by atoms with Crippen LogP contribution < -0.4 is 0 Å². The maximum Gasteiger partial charge on any atom is 0.337 e. The molecule has 1 aliphatic heterocycles. The lowest BCUT2D eigenvalue weighted by Gasteiger charge is -1.99. The fraction of sp³-hybridized carbons (Fsp3) is 0.875. The standard InChI is InChI=1S/C8H14O3/c1-3-4-5-10-8(9)7-6(2)11-7/h6-7H,3-5H2,1-2H3/t6?,7-/m1/s1. The third-order valence-corrected chi connectivity index (χ3v) is 1.69. The molecular formula is C8H14O3. The highest BCUT2D eigenvalue weighted by atomic mass is 16.6. The zero-order valence-corrected chi connectivity index (χ0v) is 7.00. The summed E-state index contributed by atoms with van der Waals surface area (Å²) < 4.78 is 9.85. The highest BCUT2D eigenvalue weighted by Gasteiger charge is 2.42. The Labute approximate surface area is 66.7 Å². The highest BCUT2D eigenvalue weighted by Crippen LogP contribution is 2.21. The molecule has 1 fully saturated rings. The molecule has 0 aromatic heterocycles. The van der Waals surface area contributed by atoms with Gasteiger partial charge in [-0.15, -0.1) is 0 Å². The second kappa shape index (κ2) is 3.72. The van der Waals surface area contributed by atoms with Gasteiger partial charge in [0.2, 0.25) is 0 Å². The largest absolute Gasteiger partial charge is 0.464 e. The Morgan fingerprint density at radius 1 is 1.64 bits per heavy atom. The summed E-state index contributed by atoms with van der Waals surface area (Å²) in [6, 6.07) is 0. The molecule has 3 heteroatoms. The number of esters is 1. The SMILES string of the molecule is CCCCOC(=O)[C@@H]1OC1C. The van der Waals surface area contributed by atoms with Crippen LogP contribution >= 0.6 is 0 Å². The van der Waals surface area contributed by atoms with Crippen LogP contribution in [-0.4, -0.2) is 24.8 Å². The average molecular weight is 158 g/mol. The van der Waals surface area contributed by atoms with Gasteiger partial charge in [-0.3, -0.25) is 0 Å². The molecule has 1 aliphatic rings. The maximum absolute atomic E-state index is 10.9. The van der Waals surface area contributed by atoms with Crippen LogP contribution in [0.1, 0.15) is 26.7 Å². The number of rotatable bonds is 4. The molecule has 64 valence electrons. The Morgan fingerprint density at radius 2 is 2.27 bits per heavy atom. The molecule has 0 aromatic carbocycles. The summed E-state index contributed by atoms with van der Waals surface area (Å²) in [5.41, 5.74) is 0. The van der Waals surface area contributed by atoms with Gasteiger partial charge in [0.25, 0.3) is 0 Å². The summed E-state index contributed by atoms with van der Waals surface area (Å²) >= 11 is 0. The number of hydrogen-bond acceptors (Lipinski definition) is 3. The predicted molar refractivity (Wildman–Crippen MR) is 40.2 cm³/mol. The molecule has 0 N–H and O–H groups in total. The van der Waals surface area contributed by atoms with Crippen molar-refractivity contribution >= 4 is 5.97 Å². The summed E-state index contributed by atoms with van der Waals surface area (Å²) in [5, 5.41) is 0. The van der Waals surface area contributed by atoms with Crippen LogP contribution in [0.5, 0.6) is 0 Å². The molecule has 2 atom stereocenters. The van der Waals surface area contributed by atoms with Crippen LogP contribution in [0.3, 0.4) is 0 Å². The third kappa shape index (κ3) is 2.50. The van der Waals surface area contributed by atoms with Crippen molar-refractivity contribution in [2.24, 2.45) is 0 Å². The second-order valence-electron chi connectivity index (χ2n) is 2.78. The lowest BCUT2D eigenvalue weighted by molar-refractivity contribution is -0.145. The minimum absolute atomic E-state index is 0.0733. The summed E-state index contributed by atoms with van der Waals surface area (Å²) in [4.78, 5) is 10.9. The number of ether oxygens (including phenoxy) is 2. The smallest absolute Gasteiger partial charge is 0.337 e. The number of epoxide rings is 1. The van der Waals surface area contributed by atoms with Crippen molar-refractivity contribution in [3.8, 4) is 0 Å². The van der Waals surface area contributed by atoms with E-state index in [-0.39, 0.29) is 18.2 Å². The molecule has 0 saturated carbocycles. The Balaban J connectivity index is 2.03. The topological polar surface area (TPSA) is 38.8 Å². The van der Waals surface area contributed by atoms with E-state index in [1.165, 1.54) is 0 Å². The van der Waals surface area contributed by atoms with Gasteiger partial charge in [-0.2, -0.15) is 0 Å². The summed E-state index contributed by atoms with van der Waals surface area (Å²) in [6.07, 6.45) is 1.79. The molecule has 3 nitrogen and oxygen atoms in total. The molecule has 0 aliphatic carbocycles.